The van der Waals surface area contributed by atoms with E-state index in [-0.39, 0.29) is 24.3 Å². The molecule has 2 aromatic rings. The first-order chi connectivity index (χ1) is 14.2. The van der Waals surface area contributed by atoms with Gasteiger partial charge in [-0.15, -0.1) is 0 Å². The zero-order chi connectivity index (χ0) is 20.5. The number of nitrogens with one attached hydrogen (secondary N) is 1. The molecule has 0 spiro atoms. The molecule has 1 saturated heterocycles. The summed E-state index contributed by atoms with van der Waals surface area (Å²) in [6, 6.07) is 17.1. The Labute approximate surface area is 171 Å². The van der Waals surface area contributed by atoms with Gasteiger partial charge in [0.2, 0.25) is 5.91 Å². The van der Waals surface area contributed by atoms with Crippen molar-refractivity contribution < 1.29 is 19.1 Å². The Bertz CT molecular complexity index is 784. The van der Waals surface area contributed by atoms with Crippen LogP contribution in [0.4, 0.5) is 0 Å². The first-order valence-corrected chi connectivity index (χ1v) is 10.1. The summed E-state index contributed by atoms with van der Waals surface area (Å²) >= 11 is 0. The average Bonchev–Trinajstić information content (AvgIpc) is 2.78. The largest absolute Gasteiger partial charge is 0.494 e. The third-order valence-corrected chi connectivity index (χ3v) is 5.03. The smallest absolute Gasteiger partial charge is 0.260 e. The number of piperidine rings is 1. The topological polar surface area (TPSA) is 67.9 Å². The van der Waals surface area contributed by atoms with Crippen LogP contribution in [-0.4, -0.2) is 43.0 Å². The van der Waals surface area contributed by atoms with Gasteiger partial charge in [0.05, 0.1) is 6.61 Å². The van der Waals surface area contributed by atoms with E-state index in [1.807, 2.05) is 49.4 Å². The quantitative estimate of drug-likeness (QED) is 0.745. The first kappa shape index (κ1) is 20.7. The van der Waals surface area contributed by atoms with Crippen LogP contribution in [0.15, 0.2) is 54.6 Å². The second kappa shape index (κ2) is 10.5. The average molecular weight is 396 g/mol. The Morgan fingerprint density at radius 2 is 1.59 bits per heavy atom. The van der Waals surface area contributed by atoms with E-state index in [4.69, 9.17) is 9.47 Å². The van der Waals surface area contributed by atoms with Crippen molar-refractivity contribution in [1.29, 1.82) is 0 Å². The van der Waals surface area contributed by atoms with Crippen LogP contribution in [0.5, 0.6) is 11.5 Å². The fraction of sp³-hybridized carbons (Fsp3) is 0.391. The van der Waals surface area contributed by atoms with Crippen LogP contribution in [0.2, 0.25) is 0 Å². The Morgan fingerprint density at radius 1 is 0.966 bits per heavy atom. The maximum atomic E-state index is 12.4. The summed E-state index contributed by atoms with van der Waals surface area (Å²) in [6.07, 6.45) is 1.35. The predicted molar refractivity (Wildman–Crippen MR) is 111 cm³/mol. The first-order valence-electron chi connectivity index (χ1n) is 10.1. The molecule has 0 bridgehead atoms. The van der Waals surface area contributed by atoms with E-state index in [9.17, 15) is 9.59 Å². The van der Waals surface area contributed by atoms with Crippen molar-refractivity contribution >= 4 is 11.8 Å². The SMILES string of the molecule is CCOc1ccc(OCC(=O)N2CCC(C(=O)NCc3ccccc3)CC2)cc1. The fourth-order valence-corrected chi connectivity index (χ4v) is 3.36. The second-order valence-corrected chi connectivity index (χ2v) is 7.05. The van der Waals surface area contributed by atoms with Gasteiger partial charge in [0.1, 0.15) is 11.5 Å². The van der Waals surface area contributed by atoms with E-state index in [0.717, 1.165) is 11.3 Å². The maximum absolute atomic E-state index is 12.4. The van der Waals surface area contributed by atoms with Gasteiger partial charge in [-0.1, -0.05) is 30.3 Å². The molecule has 29 heavy (non-hydrogen) atoms. The van der Waals surface area contributed by atoms with Gasteiger partial charge < -0.3 is 19.7 Å². The van der Waals surface area contributed by atoms with Crippen LogP contribution >= 0.6 is 0 Å². The lowest BCUT2D eigenvalue weighted by molar-refractivity contribution is -0.137. The lowest BCUT2D eigenvalue weighted by atomic mass is 9.96. The van der Waals surface area contributed by atoms with Crippen LogP contribution in [0.3, 0.4) is 0 Å². The number of nitrogens with zero attached hydrogens (tertiary/aromatic N) is 1. The third kappa shape index (κ3) is 6.24. The molecule has 0 aromatic heterocycles. The van der Waals surface area contributed by atoms with Crippen molar-refractivity contribution in [2.75, 3.05) is 26.3 Å². The fourth-order valence-electron chi connectivity index (χ4n) is 3.36. The van der Waals surface area contributed by atoms with Gasteiger partial charge >= 0.3 is 0 Å². The number of carbonyl (C=O) groups is 2. The van der Waals surface area contributed by atoms with Crippen LogP contribution in [0, 0.1) is 5.92 Å². The minimum Gasteiger partial charge on any atom is -0.494 e. The van der Waals surface area contributed by atoms with E-state index in [1.165, 1.54) is 0 Å². The molecular weight excluding hydrogens is 368 g/mol. The highest BCUT2D eigenvalue weighted by atomic mass is 16.5. The zero-order valence-electron chi connectivity index (χ0n) is 16.8. The number of benzene rings is 2. The molecule has 1 heterocycles. The molecular formula is C23H28N2O4. The molecule has 0 atom stereocenters. The van der Waals surface area contributed by atoms with Gasteiger partial charge in [-0.05, 0) is 49.6 Å². The number of carbonyl (C=O) groups excluding carboxylic acids is 2. The number of likely N-dealkylation sites (tertiary alicyclic amines) is 1. The highest BCUT2D eigenvalue weighted by Crippen LogP contribution is 2.20. The lowest BCUT2D eigenvalue weighted by Gasteiger charge is -2.31. The van der Waals surface area contributed by atoms with Crippen molar-refractivity contribution in [2.24, 2.45) is 5.92 Å². The molecule has 0 unspecified atom stereocenters. The third-order valence-electron chi connectivity index (χ3n) is 5.03. The number of hydrogen-bond acceptors (Lipinski definition) is 4. The molecule has 0 radical (unpaired) electrons. The van der Waals surface area contributed by atoms with E-state index >= 15 is 0 Å². The van der Waals surface area contributed by atoms with Crippen molar-refractivity contribution in [1.82, 2.24) is 10.2 Å². The Hall–Kier alpha value is -3.02. The number of ether oxygens (including phenoxy) is 2. The lowest BCUT2D eigenvalue weighted by Crippen LogP contribution is -2.44. The van der Waals surface area contributed by atoms with Crippen LogP contribution in [-0.2, 0) is 16.1 Å². The van der Waals surface area contributed by atoms with Crippen molar-refractivity contribution in [3.8, 4) is 11.5 Å². The summed E-state index contributed by atoms with van der Waals surface area (Å²) < 4.78 is 11.0. The normalized spacial score (nSPS) is 14.3. The summed E-state index contributed by atoms with van der Waals surface area (Å²) in [6.45, 7) is 4.23. The van der Waals surface area contributed by atoms with E-state index in [2.05, 4.69) is 5.32 Å². The van der Waals surface area contributed by atoms with Gasteiger partial charge in [0.15, 0.2) is 6.61 Å². The van der Waals surface area contributed by atoms with Crippen molar-refractivity contribution in [2.45, 2.75) is 26.3 Å². The van der Waals surface area contributed by atoms with Crippen molar-refractivity contribution in [3.63, 3.8) is 0 Å². The standard InChI is InChI=1S/C23H28N2O4/c1-2-28-20-8-10-21(11-9-20)29-17-22(26)25-14-12-19(13-15-25)23(27)24-16-18-6-4-3-5-7-18/h3-11,19H,2,12-17H2,1H3,(H,24,27). The second-order valence-electron chi connectivity index (χ2n) is 7.05. The molecule has 6 nitrogen and oxygen atoms in total. The molecule has 2 aromatic carbocycles. The number of rotatable bonds is 8. The van der Waals surface area contributed by atoms with E-state index < -0.39 is 0 Å². The minimum absolute atomic E-state index is 0.00114. The molecule has 1 N–H and O–H groups in total. The maximum Gasteiger partial charge on any atom is 0.260 e. The Balaban J connectivity index is 1.38. The highest BCUT2D eigenvalue weighted by Gasteiger charge is 2.27. The Kier molecular flexibility index (Phi) is 7.50. The van der Waals surface area contributed by atoms with Gasteiger partial charge in [0, 0.05) is 25.6 Å². The molecule has 6 heteroatoms. The monoisotopic (exact) mass is 396 g/mol. The Morgan fingerprint density at radius 3 is 2.21 bits per heavy atom. The van der Waals surface area contributed by atoms with Crippen molar-refractivity contribution in [3.05, 3.63) is 60.2 Å². The summed E-state index contributed by atoms with van der Waals surface area (Å²) in [7, 11) is 0. The summed E-state index contributed by atoms with van der Waals surface area (Å²) in [4.78, 5) is 26.6. The summed E-state index contributed by atoms with van der Waals surface area (Å²) in [5.41, 5.74) is 1.08. The number of hydrogen-bond donors (Lipinski definition) is 1. The molecule has 3 rings (SSSR count). The molecule has 0 saturated carbocycles. The predicted octanol–water partition coefficient (Wildman–Crippen LogP) is 3.02. The minimum atomic E-state index is -0.0537. The number of amides is 2. The molecule has 1 aliphatic heterocycles. The van der Waals surface area contributed by atoms with Gasteiger partial charge in [-0.3, -0.25) is 9.59 Å². The van der Waals surface area contributed by atoms with E-state index in [0.29, 0.717) is 44.8 Å². The molecule has 2 amide bonds. The van der Waals surface area contributed by atoms with Gasteiger partial charge in [-0.2, -0.15) is 0 Å². The van der Waals surface area contributed by atoms with Gasteiger partial charge in [-0.25, -0.2) is 0 Å². The van der Waals surface area contributed by atoms with Crippen LogP contribution in [0.1, 0.15) is 25.3 Å². The van der Waals surface area contributed by atoms with Crippen LogP contribution < -0.4 is 14.8 Å². The summed E-state index contributed by atoms with van der Waals surface area (Å²) in [5.74, 6) is 1.37. The van der Waals surface area contributed by atoms with E-state index in [1.54, 1.807) is 17.0 Å². The van der Waals surface area contributed by atoms with Gasteiger partial charge in [0.25, 0.3) is 5.91 Å². The summed E-state index contributed by atoms with van der Waals surface area (Å²) in [5, 5.41) is 3.00. The zero-order valence-corrected chi connectivity index (χ0v) is 16.8. The molecule has 0 aliphatic carbocycles. The highest BCUT2D eigenvalue weighted by molar-refractivity contribution is 5.80. The molecule has 1 aliphatic rings. The molecule has 154 valence electrons. The molecule has 1 fully saturated rings. The van der Waals surface area contributed by atoms with Crippen LogP contribution in [0.25, 0.3) is 0 Å².